The van der Waals surface area contributed by atoms with Crippen molar-refractivity contribution >= 4 is 23.4 Å². The van der Waals surface area contributed by atoms with Gasteiger partial charge in [-0.3, -0.25) is 14.5 Å². The zero-order valence-electron chi connectivity index (χ0n) is 17.7. The highest BCUT2D eigenvalue weighted by atomic mass is 35.5. The number of ether oxygens (including phenoxy) is 1. The van der Waals surface area contributed by atoms with Crippen LogP contribution in [0.1, 0.15) is 35.7 Å². The van der Waals surface area contributed by atoms with Crippen LogP contribution < -0.4 is 10.1 Å². The van der Waals surface area contributed by atoms with E-state index in [4.69, 9.17) is 16.3 Å². The third kappa shape index (κ3) is 5.38. The zero-order valence-corrected chi connectivity index (χ0v) is 18.5. The second kappa shape index (κ2) is 9.71. The van der Waals surface area contributed by atoms with Crippen molar-refractivity contribution in [1.82, 2.24) is 15.1 Å². The monoisotopic (exact) mass is 441 g/mol. The Bertz CT molecular complexity index is 939. The Morgan fingerprint density at radius 3 is 2.45 bits per heavy atom. The number of halogens is 1. The van der Waals surface area contributed by atoms with E-state index in [1.807, 2.05) is 54.3 Å². The summed E-state index contributed by atoms with van der Waals surface area (Å²) in [4.78, 5) is 29.5. The Kier molecular flexibility index (Phi) is 6.78. The number of carbonyl (C=O) groups excluding carboxylic acids is 2. The first-order valence-corrected chi connectivity index (χ1v) is 11.2. The molecular weight excluding hydrogens is 414 g/mol. The second-order valence-corrected chi connectivity index (χ2v) is 8.57. The van der Waals surface area contributed by atoms with E-state index in [1.54, 1.807) is 6.07 Å². The first-order valence-electron chi connectivity index (χ1n) is 10.8. The summed E-state index contributed by atoms with van der Waals surface area (Å²) in [5.41, 5.74) is 1.42. The number of para-hydroxylation sites is 1. The van der Waals surface area contributed by atoms with Gasteiger partial charge in [-0.2, -0.15) is 0 Å². The number of carbonyl (C=O) groups is 2. The molecule has 0 radical (unpaired) electrons. The van der Waals surface area contributed by atoms with E-state index < -0.39 is 0 Å². The van der Waals surface area contributed by atoms with Gasteiger partial charge >= 0.3 is 0 Å². The molecule has 2 fully saturated rings. The topological polar surface area (TPSA) is 61.9 Å². The van der Waals surface area contributed by atoms with Crippen LogP contribution in [0, 0.1) is 0 Å². The quantitative estimate of drug-likeness (QED) is 0.715. The minimum Gasteiger partial charge on any atom is -0.488 e. The van der Waals surface area contributed by atoms with Crippen LogP contribution in [0.15, 0.2) is 48.5 Å². The molecule has 1 heterocycles. The molecule has 0 aromatic heterocycles. The van der Waals surface area contributed by atoms with Crippen LogP contribution in [0.3, 0.4) is 0 Å². The highest BCUT2D eigenvalue weighted by Crippen LogP contribution is 2.24. The van der Waals surface area contributed by atoms with E-state index in [-0.39, 0.29) is 17.9 Å². The molecule has 1 aliphatic heterocycles. The lowest BCUT2D eigenvalue weighted by molar-refractivity contribution is -0.126. The molecule has 0 spiro atoms. The number of benzene rings is 2. The Morgan fingerprint density at radius 2 is 1.74 bits per heavy atom. The maximum absolute atomic E-state index is 13.2. The van der Waals surface area contributed by atoms with Crippen molar-refractivity contribution in [3.05, 3.63) is 64.7 Å². The maximum atomic E-state index is 13.2. The summed E-state index contributed by atoms with van der Waals surface area (Å²) in [6, 6.07) is 15.0. The molecule has 2 aromatic carbocycles. The number of nitrogens with one attached hydrogen (secondary N) is 1. The molecule has 1 unspecified atom stereocenters. The molecule has 1 atom stereocenters. The van der Waals surface area contributed by atoms with Crippen molar-refractivity contribution < 1.29 is 14.3 Å². The normalized spacial score (nSPS) is 17.8. The SMILES string of the molecule is CC(C(=O)NC1CC1)N1CCN(C(=O)c2ccccc2OCc2ccccc2Cl)CC1. The van der Waals surface area contributed by atoms with Crippen LogP contribution in [-0.4, -0.2) is 59.9 Å². The second-order valence-electron chi connectivity index (χ2n) is 8.16. The molecular formula is C24H28ClN3O3. The minimum atomic E-state index is -0.177. The molecule has 1 N–H and O–H groups in total. The zero-order chi connectivity index (χ0) is 21.8. The van der Waals surface area contributed by atoms with E-state index in [9.17, 15) is 9.59 Å². The third-order valence-corrected chi connectivity index (χ3v) is 6.28. The summed E-state index contributed by atoms with van der Waals surface area (Å²) in [7, 11) is 0. The van der Waals surface area contributed by atoms with Gasteiger partial charge in [0.15, 0.2) is 0 Å². The van der Waals surface area contributed by atoms with Crippen molar-refractivity contribution in [2.75, 3.05) is 26.2 Å². The van der Waals surface area contributed by atoms with Crippen molar-refractivity contribution in [3.8, 4) is 5.75 Å². The predicted octanol–water partition coefficient (Wildman–Crippen LogP) is 3.34. The van der Waals surface area contributed by atoms with Gasteiger partial charge in [0.05, 0.1) is 11.6 Å². The smallest absolute Gasteiger partial charge is 0.257 e. The molecule has 2 amide bonds. The van der Waals surface area contributed by atoms with Crippen LogP contribution >= 0.6 is 11.6 Å². The predicted molar refractivity (Wildman–Crippen MR) is 120 cm³/mol. The van der Waals surface area contributed by atoms with Gasteiger partial charge in [0.25, 0.3) is 5.91 Å². The summed E-state index contributed by atoms with van der Waals surface area (Å²) in [5, 5.41) is 3.70. The van der Waals surface area contributed by atoms with E-state index in [2.05, 4.69) is 10.2 Å². The molecule has 7 heteroatoms. The number of nitrogens with zero attached hydrogens (tertiary/aromatic N) is 2. The molecule has 1 aliphatic carbocycles. The van der Waals surface area contributed by atoms with Gasteiger partial charge in [-0.05, 0) is 38.0 Å². The fourth-order valence-electron chi connectivity index (χ4n) is 3.74. The highest BCUT2D eigenvalue weighted by molar-refractivity contribution is 6.31. The molecule has 6 nitrogen and oxygen atoms in total. The molecule has 0 bridgehead atoms. The number of piperazine rings is 1. The molecule has 164 valence electrons. The average Bonchev–Trinajstić information content (AvgIpc) is 3.62. The van der Waals surface area contributed by atoms with Crippen molar-refractivity contribution in [2.24, 2.45) is 0 Å². The van der Waals surface area contributed by atoms with Gasteiger partial charge < -0.3 is 15.0 Å². The van der Waals surface area contributed by atoms with E-state index >= 15 is 0 Å². The van der Waals surface area contributed by atoms with Crippen molar-refractivity contribution in [2.45, 2.75) is 38.5 Å². The lowest BCUT2D eigenvalue weighted by Gasteiger charge is -2.37. The van der Waals surface area contributed by atoms with E-state index in [0.29, 0.717) is 55.2 Å². The van der Waals surface area contributed by atoms with E-state index in [0.717, 1.165) is 18.4 Å². The fourth-order valence-corrected chi connectivity index (χ4v) is 3.93. The van der Waals surface area contributed by atoms with Crippen LogP contribution in [-0.2, 0) is 11.4 Å². The standard InChI is InChI=1S/C24H28ClN3O3/c1-17(23(29)26-19-10-11-19)27-12-14-28(15-13-27)24(30)20-7-3-5-9-22(20)31-16-18-6-2-4-8-21(18)25/h2-9,17,19H,10-16H2,1H3,(H,26,29). The maximum Gasteiger partial charge on any atom is 0.257 e. The number of amides is 2. The summed E-state index contributed by atoms with van der Waals surface area (Å²) < 4.78 is 5.95. The lowest BCUT2D eigenvalue weighted by atomic mass is 10.1. The summed E-state index contributed by atoms with van der Waals surface area (Å²) in [5.74, 6) is 0.581. The van der Waals surface area contributed by atoms with Gasteiger partial charge in [0.2, 0.25) is 5.91 Å². The summed E-state index contributed by atoms with van der Waals surface area (Å²) >= 11 is 6.22. The Hall–Kier alpha value is -2.57. The lowest BCUT2D eigenvalue weighted by Crippen LogP contribution is -2.55. The largest absolute Gasteiger partial charge is 0.488 e. The molecule has 31 heavy (non-hydrogen) atoms. The van der Waals surface area contributed by atoms with E-state index in [1.165, 1.54) is 0 Å². The highest BCUT2D eigenvalue weighted by Gasteiger charge is 2.31. The summed E-state index contributed by atoms with van der Waals surface area (Å²) in [6.07, 6.45) is 2.16. The number of hydrogen-bond acceptors (Lipinski definition) is 4. The molecule has 1 saturated heterocycles. The Balaban J connectivity index is 1.35. The average molecular weight is 442 g/mol. The summed E-state index contributed by atoms with van der Waals surface area (Å²) in [6.45, 7) is 4.75. The van der Waals surface area contributed by atoms with Gasteiger partial charge in [0.1, 0.15) is 12.4 Å². The first-order chi connectivity index (χ1) is 15.0. The Labute approximate surface area is 188 Å². The third-order valence-electron chi connectivity index (χ3n) is 5.91. The minimum absolute atomic E-state index is 0.0514. The van der Waals surface area contributed by atoms with Crippen LogP contribution in [0.5, 0.6) is 5.75 Å². The molecule has 2 aromatic rings. The molecule has 1 saturated carbocycles. The van der Waals surface area contributed by atoms with Crippen LogP contribution in [0.25, 0.3) is 0 Å². The molecule has 4 rings (SSSR count). The first kappa shape index (κ1) is 21.7. The van der Waals surface area contributed by atoms with Crippen molar-refractivity contribution in [1.29, 1.82) is 0 Å². The molecule has 2 aliphatic rings. The van der Waals surface area contributed by atoms with Crippen molar-refractivity contribution in [3.63, 3.8) is 0 Å². The van der Waals surface area contributed by atoms with Gasteiger partial charge in [-0.25, -0.2) is 0 Å². The van der Waals surface area contributed by atoms with Crippen LogP contribution in [0.2, 0.25) is 5.02 Å². The Morgan fingerprint density at radius 1 is 1.06 bits per heavy atom. The number of hydrogen-bond donors (Lipinski definition) is 1. The van der Waals surface area contributed by atoms with Gasteiger partial charge in [-0.1, -0.05) is 41.9 Å². The van der Waals surface area contributed by atoms with Gasteiger partial charge in [-0.15, -0.1) is 0 Å². The van der Waals surface area contributed by atoms with Gasteiger partial charge in [0, 0.05) is 42.8 Å². The number of rotatable bonds is 7. The van der Waals surface area contributed by atoms with Crippen LogP contribution in [0.4, 0.5) is 0 Å². The fraction of sp³-hybridized carbons (Fsp3) is 0.417.